The van der Waals surface area contributed by atoms with Crippen molar-refractivity contribution < 1.29 is 9.18 Å². The minimum atomic E-state index is -0.274. The molecule has 0 atom stereocenters. The monoisotopic (exact) mass is 263 g/mol. The van der Waals surface area contributed by atoms with E-state index in [0.29, 0.717) is 30.9 Å². The molecule has 0 spiro atoms. The van der Waals surface area contributed by atoms with Gasteiger partial charge in [-0.1, -0.05) is 12.6 Å². The maximum absolute atomic E-state index is 13.7. The fourth-order valence-electron chi connectivity index (χ4n) is 2.19. The molecular weight excluding hydrogens is 245 g/mol. The first kappa shape index (κ1) is 13.5. The summed E-state index contributed by atoms with van der Waals surface area (Å²) in [6.07, 6.45) is 1.33. The molecule has 1 saturated heterocycles. The van der Waals surface area contributed by atoms with Crippen LogP contribution in [0.3, 0.4) is 0 Å². The van der Waals surface area contributed by atoms with Crippen LogP contribution in [0.5, 0.6) is 0 Å². The van der Waals surface area contributed by atoms with Crippen LogP contribution in [0.15, 0.2) is 30.9 Å². The van der Waals surface area contributed by atoms with E-state index in [1.165, 1.54) is 12.1 Å². The van der Waals surface area contributed by atoms with Gasteiger partial charge in [-0.05, 0) is 18.2 Å². The lowest BCUT2D eigenvalue weighted by molar-refractivity contribution is -0.127. The molecule has 1 amide bonds. The van der Waals surface area contributed by atoms with Crippen LogP contribution >= 0.6 is 0 Å². The maximum atomic E-state index is 13.7. The fourth-order valence-corrected chi connectivity index (χ4v) is 2.19. The minimum absolute atomic E-state index is 0.0432. The summed E-state index contributed by atoms with van der Waals surface area (Å²) >= 11 is 0. The average Bonchev–Trinajstić information content (AvgIpc) is 2.42. The molecule has 1 aliphatic heterocycles. The number of nitrogen functional groups attached to an aromatic ring is 1. The van der Waals surface area contributed by atoms with Crippen LogP contribution in [-0.2, 0) is 11.3 Å². The van der Waals surface area contributed by atoms with Gasteiger partial charge in [-0.15, -0.1) is 0 Å². The van der Waals surface area contributed by atoms with Crippen molar-refractivity contribution in [1.82, 2.24) is 9.80 Å². The Hall–Kier alpha value is -1.88. The van der Waals surface area contributed by atoms with Crippen LogP contribution in [-0.4, -0.2) is 41.9 Å². The Morgan fingerprint density at radius 1 is 1.37 bits per heavy atom. The number of amides is 1. The van der Waals surface area contributed by atoms with Gasteiger partial charge in [0.2, 0.25) is 5.91 Å². The molecule has 0 aliphatic carbocycles. The molecule has 0 unspecified atom stereocenters. The summed E-state index contributed by atoms with van der Waals surface area (Å²) in [5.74, 6) is -0.317. The first-order valence-electron chi connectivity index (χ1n) is 6.28. The smallest absolute Gasteiger partial charge is 0.246 e. The highest BCUT2D eigenvalue weighted by molar-refractivity contribution is 5.87. The molecule has 2 N–H and O–H groups in total. The summed E-state index contributed by atoms with van der Waals surface area (Å²) < 4.78 is 13.7. The van der Waals surface area contributed by atoms with Crippen molar-refractivity contribution in [3.63, 3.8) is 0 Å². The van der Waals surface area contributed by atoms with Gasteiger partial charge in [-0.25, -0.2) is 4.39 Å². The lowest BCUT2D eigenvalue weighted by atomic mass is 10.1. The zero-order valence-corrected chi connectivity index (χ0v) is 10.8. The Balaban J connectivity index is 1.92. The van der Waals surface area contributed by atoms with Gasteiger partial charge in [0.1, 0.15) is 5.82 Å². The van der Waals surface area contributed by atoms with E-state index in [4.69, 9.17) is 5.73 Å². The second kappa shape index (κ2) is 5.84. The number of halogens is 1. The number of benzene rings is 1. The molecule has 102 valence electrons. The van der Waals surface area contributed by atoms with Gasteiger partial charge in [-0.2, -0.15) is 0 Å². The highest BCUT2D eigenvalue weighted by atomic mass is 19.1. The van der Waals surface area contributed by atoms with Crippen molar-refractivity contribution in [3.05, 3.63) is 42.2 Å². The summed E-state index contributed by atoms with van der Waals surface area (Å²) in [5.41, 5.74) is 6.59. The van der Waals surface area contributed by atoms with Gasteiger partial charge in [0, 0.05) is 44.0 Å². The summed E-state index contributed by atoms with van der Waals surface area (Å²) in [4.78, 5) is 15.3. The third-order valence-corrected chi connectivity index (χ3v) is 3.33. The second-order valence-electron chi connectivity index (χ2n) is 4.66. The molecule has 1 fully saturated rings. The Kier molecular flexibility index (Phi) is 4.16. The molecule has 0 saturated carbocycles. The Labute approximate surface area is 112 Å². The molecule has 1 aromatic carbocycles. The first-order valence-corrected chi connectivity index (χ1v) is 6.28. The van der Waals surface area contributed by atoms with E-state index in [0.717, 1.165) is 13.1 Å². The number of carbonyl (C=O) groups excluding carboxylic acids is 1. The predicted octanol–water partition coefficient (Wildman–Crippen LogP) is 1.24. The van der Waals surface area contributed by atoms with Gasteiger partial charge >= 0.3 is 0 Å². The number of anilines is 1. The van der Waals surface area contributed by atoms with Gasteiger partial charge < -0.3 is 10.6 Å². The molecule has 0 aromatic heterocycles. The Morgan fingerprint density at radius 2 is 2.05 bits per heavy atom. The SMILES string of the molecule is C=CC(=O)N1CCN(Cc2ccc(N)cc2F)CC1. The first-order chi connectivity index (χ1) is 9.10. The lowest BCUT2D eigenvalue weighted by Gasteiger charge is -2.34. The minimum Gasteiger partial charge on any atom is -0.399 e. The molecule has 0 bridgehead atoms. The molecule has 0 radical (unpaired) electrons. The van der Waals surface area contributed by atoms with Crippen molar-refractivity contribution in [3.8, 4) is 0 Å². The van der Waals surface area contributed by atoms with Crippen molar-refractivity contribution in [2.24, 2.45) is 0 Å². The van der Waals surface area contributed by atoms with E-state index >= 15 is 0 Å². The van der Waals surface area contributed by atoms with Crippen molar-refractivity contribution in [2.75, 3.05) is 31.9 Å². The molecule has 1 heterocycles. The van der Waals surface area contributed by atoms with Crippen LogP contribution in [0.2, 0.25) is 0 Å². The van der Waals surface area contributed by atoms with Crippen LogP contribution in [0, 0.1) is 5.82 Å². The number of carbonyl (C=O) groups is 1. The summed E-state index contributed by atoms with van der Waals surface area (Å²) in [6, 6.07) is 4.76. The molecule has 5 heteroatoms. The standard InChI is InChI=1S/C14H18FN3O/c1-2-14(19)18-7-5-17(6-8-18)10-11-3-4-12(16)9-13(11)15/h2-4,9H,1,5-8,10,16H2. The Morgan fingerprint density at radius 3 is 2.63 bits per heavy atom. The number of nitrogens with zero attached hydrogens (tertiary/aromatic N) is 2. The number of piperazine rings is 1. The summed E-state index contributed by atoms with van der Waals surface area (Å²) in [6.45, 7) is 6.81. The Bertz CT molecular complexity index is 482. The van der Waals surface area contributed by atoms with E-state index < -0.39 is 0 Å². The fraction of sp³-hybridized carbons (Fsp3) is 0.357. The van der Waals surface area contributed by atoms with Gasteiger partial charge in [-0.3, -0.25) is 9.69 Å². The quantitative estimate of drug-likeness (QED) is 0.659. The van der Waals surface area contributed by atoms with Crippen LogP contribution < -0.4 is 5.73 Å². The average molecular weight is 263 g/mol. The topological polar surface area (TPSA) is 49.6 Å². The largest absolute Gasteiger partial charge is 0.399 e. The molecule has 4 nitrogen and oxygen atoms in total. The second-order valence-corrected chi connectivity index (χ2v) is 4.66. The third-order valence-electron chi connectivity index (χ3n) is 3.33. The molecule has 1 aromatic rings. The number of hydrogen-bond acceptors (Lipinski definition) is 3. The van der Waals surface area contributed by atoms with E-state index in [2.05, 4.69) is 11.5 Å². The van der Waals surface area contributed by atoms with Crippen molar-refractivity contribution in [2.45, 2.75) is 6.54 Å². The van der Waals surface area contributed by atoms with Crippen molar-refractivity contribution >= 4 is 11.6 Å². The van der Waals surface area contributed by atoms with Crippen LogP contribution in [0.4, 0.5) is 10.1 Å². The molecule has 2 rings (SSSR count). The molecular formula is C14H18FN3O. The summed E-state index contributed by atoms with van der Waals surface area (Å²) in [5, 5.41) is 0. The van der Waals surface area contributed by atoms with Gasteiger partial charge in [0.25, 0.3) is 0 Å². The van der Waals surface area contributed by atoms with E-state index in [-0.39, 0.29) is 11.7 Å². The summed E-state index contributed by atoms with van der Waals surface area (Å²) in [7, 11) is 0. The molecule has 19 heavy (non-hydrogen) atoms. The highest BCUT2D eigenvalue weighted by Crippen LogP contribution is 2.15. The third kappa shape index (κ3) is 3.32. The maximum Gasteiger partial charge on any atom is 0.246 e. The normalized spacial score (nSPS) is 16.4. The number of rotatable bonds is 3. The number of nitrogens with two attached hydrogens (primary N) is 1. The number of hydrogen-bond donors (Lipinski definition) is 1. The zero-order valence-electron chi connectivity index (χ0n) is 10.8. The van der Waals surface area contributed by atoms with Gasteiger partial charge in [0.05, 0.1) is 0 Å². The zero-order chi connectivity index (χ0) is 13.8. The molecule has 1 aliphatic rings. The van der Waals surface area contributed by atoms with Crippen LogP contribution in [0.1, 0.15) is 5.56 Å². The van der Waals surface area contributed by atoms with Gasteiger partial charge in [0.15, 0.2) is 0 Å². The van der Waals surface area contributed by atoms with Crippen LogP contribution in [0.25, 0.3) is 0 Å². The highest BCUT2D eigenvalue weighted by Gasteiger charge is 2.20. The lowest BCUT2D eigenvalue weighted by Crippen LogP contribution is -2.47. The predicted molar refractivity (Wildman–Crippen MR) is 72.9 cm³/mol. The van der Waals surface area contributed by atoms with E-state index in [1.54, 1.807) is 17.0 Å². The van der Waals surface area contributed by atoms with E-state index in [1.807, 2.05) is 0 Å². The van der Waals surface area contributed by atoms with E-state index in [9.17, 15) is 9.18 Å². The van der Waals surface area contributed by atoms with Crippen molar-refractivity contribution in [1.29, 1.82) is 0 Å².